The second-order valence-corrected chi connectivity index (χ2v) is 24.0. The van der Waals surface area contributed by atoms with E-state index in [4.69, 9.17) is 0 Å². The van der Waals surface area contributed by atoms with Crippen LogP contribution in [0.4, 0.5) is 0 Å². The molecular weight excluding hydrogens is 1030 g/mol. The van der Waals surface area contributed by atoms with Crippen molar-refractivity contribution in [1.82, 2.24) is 0 Å². The first-order chi connectivity index (χ1) is 40.6. The molecule has 15 aromatic carbocycles. The van der Waals surface area contributed by atoms with Crippen LogP contribution in [0.25, 0.3) is 172 Å². The van der Waals surface area contributed by atoms with Gasteiger partial charge in [0.05, 0.1) is 0 Å². The Hall–Kier alpha value is -9.96. The summed E-state index contributed by atoms with van der Waals surface area (Å²) >= 11 is 3.77. The molecule has 0 amide bonds. The van der Waals surface area contributed by atoms with E-state index in [0.29, 0.717) is 0 Å². The molecule has 0 radical (unpaired) electrons. The smallest absolute Gasteiger partial charge is 0.0361 e. The van der Waals surface area contributed by atoms with Crippen LogP contribution >= 0.6 is 22.7 Å². The maximum absolute atomic E-state index is 2.49. The van der Waals surface area contributed by atoms with Gasteiger partial charge in [0.15, 0.2) is 0 Å². The Bertz CT molecular complexity index is 5430. The lowest BCUT2D eigenvalue weighted by Gasteiger charge is -2.20. The molecular formula is C80H48S2. The van der Waals surface area contributed by atoms with E-state index in [-0.39, 0.29) is 0 Å². The largest absolute Gasteiger partial charge is 0.135 e. The molecule has 2 heterocycles. The van der Waals surface area contributed by atoms with E-state index in [9.17, 15) is 0 Å². The molecule has 0 saturated carbocycles. The SMILES string of the molecule is c1ccc(-c2ccc(-c3c4ccccc4c(-c4ccc5c(c4)sc4ccccc45)c4cc(-c5ccc6c(-c7ccc8c(c7)sc7ccccc78)c7ccccc7c(-c7ccc(-c8ccc9ccccc9c8)cc7)c6c5)ccc34)cc2)cc1. The second-order valence-electron chi connectivity index (χ2n) is 21.8. The van der Waals surface area contributed by atoms with E-state index in [2.05, 4.69) is 291 Å². The van der Waals surface area contributed by atoms with Gasteiger partial charge in [0.2, 0.25) is 0 Å². The van der Waals surface area contributed by atoms with Crippen molar-refractivity contribution in [2.45, 2.75) is 0 Å². The van der Waals surface area contributed by atoms with Crippen LogP contribution in [0.2, 0.25) is 0 Å². The Morgan fingerprint density at radius 3 is 0.976 bits per heavy atom. The third-order valence-corrected chi connectivity index (χ3v) is 19.5. The minimum atomic E-state index is 1.18. The van der Waals surface area contributed by atoms with E-state index in [1.54, 1.807) is 0 Å². The van der Waals surface area contributed by atoms with Gasteiger partial charge in [-0.2, -0.15) is 0 Å². The van der Waals surface area contributed by atoms with Gasteiger partial charge in [0.1, 0.15) is 0 Å². The highest BCUT2D eigenvalue weighted by Gasteiger charge is 2.22. The van der Waals surface area contributed by atoms with Gasteiger partial charge in [0, 0.05) is 40.3 Å². The van der Waals surface area contributed by atoms with Crippen LogP contribution in [-0.4, -0.2) is 0 Å². The molecule has 2 aromatic heterocycles. The van der Waals surface area contributed by atoms with Gasteiger partial charge in [-0.25, -0.2) is 0 Å². The normalized spacial score (nSPS) is 11.9. The molecule has 0 unspecified atom stereocenters. The maximum atomic E-state index is 2.49. The lowest BCUT2D eigenvalue weighted by Crippen LogP contribution is -1.93. The van der Waals surface area contributed by atoms with Crippen molar-refractivity contribution in [3.05, 3.63) is 291 Å². The minimum absolute atomic E-state index is 1.18. The number of rotatable bonds is 7. The molecule has 2 heteroatoms. The zero-order chi connectivity index (χ0) is 53.8. The lowest BCUT2D eigenvalue weighted by atomic mass is 9.83. The summed E-state index contributed by atoms with van der Waals surface area (Å²) in [5, 5.41) is 17.7. The second kappa shape index (κ2) is 18.8. The number of thiophene rings is 2. The number of fused-ring (bicyclic) bond motifs is 11. The molecule has 0 aliphatic rings. The van der Waals surface area contributed by atoms with Crippen molar-refractivity contribution in [1.29, 1.82) is 0 Å². The summed E-state index contributed by atoms with van der Waals surface area (Å²) < 4.78 is 5.23. The summed E-state index contributed by atoms with van der Waals surface area (Å²) in [5.74, 6) is 0. The fourth-order valence-electron chi connectivity index (χ4n) is 13.4. The zero-order valence-corrected chi connectivity index (χ0v) is 46.2. The van der Waals surface area contributed by atoms with E-state index in [0.717, 1.165) is 0 Å². The van der Waals surface area contributed by atoms with Crippen molar-refractivity contribution < 1.29 is 0 Å². The quantitative estimate of drug-likeness (QED) is 0.140. The van der Waals surface area contributed by atoms with Crippen LogP contribution in [0.15, 0.2) is 291 Å². The summed E-state index contributed by atoms with van der Waals surface area (Å²) in [7, 11) is 0. The van der Waals surface area contributed by atoms with Crippen molar-refractivity contribution in [2.75, 3.05) is 0 Å². The van der Waals surface area contributed by atoms with Crippen LogP contribution in [0.1, 0.15) is 0 Å². The van der Waals surface area contributed by atoms with Gasteiger partial charge in [0.25, 0.3) is 0 Å². The maximum Gasteiger partial charge on any atom is 0.0361 e. The van der Waals surface area contributed by atoms with Gasteiger partial charge in [-0.05, 0) is 174 Å². The number of hydrogen-bond donors (Lipinski definition) is 0. The van der Waals surface area contributed by atoms with Crippen LogP contribution < -0.4 is 0 Å². The third-order valence-electron chi connectivity index (χ3n) is 17.3. The predicted molar refractivity (Wildman–Crippen MR) is 358 cm³/mol. The first kappa shape index (κ1) is 46.9. The molecule has 0 N–H and O–H groups in total. The average Bonchev–Trinajstić information content (AvgIpc) is 4.20. The number of hydrogen-bond acceptors (Lipinski definition) is 2. The number of benzene rings is 15. The lowest BCUT2D eigenvalue weighted by molar-refractivity contribution is 1.61. The van der Waals surface area contributed by atoms with Crippen LogP contribution in [0, 0.1) is 0 Å². The van der Waals surface area contributed by atoms with Crippen LogP contribution in [0.3, 0.4) is 0 Å². The van der Waals surface area contributed by atoms with Gasteiger partial charge < -0.3 is 0 Å². The highest BCUT2D eigenvalue weighted by Crippen LogP contribution is 2.50. The summed E-state index contributed by atoms with van der Waals surface area (Å²) in [6.07, 6.45) is 0. The van der Waals surface area contributed by atoms with Crippen molar-refractivity contribution in [3.8, 4) is 77.9 Å². The monoisotopic (exact) mass is 1070 g/mol. The van der Waals surface area contributed by atoms with Crippen molar-refractivity contribution in [2.24, 2.45) is 0 Å². The Kier molecular flexibility index (Phi) is 10.8. The molecule has 0 fully saturated rings. The van der Waals surface area contributed by atoms with Gasteiger partial charge in [-0.3, -0.25) is 0 Å². The first-order valence-electron chi connectivity index (χ1n) is 28.2. The highest BCUT2D eigenvalue weighted by atomic mass is 32.1. The topological polar surface area (TPSA) is 0 Å². The summed E-state index contributed by atoms with van der Waals surface area (Å²) in [6.45, 7) is 0. The van der Waals surface area contributed by atoms with Gasteiger partial charge in [-0.15, -0.1) is 22.7 Å². The molecule has 380 valence electrons. The third kappa shape index (κ3) is 7.57. The molecule has 0 bridgehead atoms. The molecule has 0 aliphatic heterocycles. The summed E-state index contributed by atoms with van der Waals surface area (Å²) in [4.78, 5) is 0. The van der Waals surface area contributed by atoms with Crippen molar-refractivity contribution >= 4 is 117 Å². The van der Waals surface area contributed by atoms with Gasteiger partial charge in [-0.1, -0.05) is 249 Å². The zero-order valence-electron chi connectivity index (χ0n) is 44.5. The van der Waals surface area contributed by atoms with Crippen molar-refractivity contribution in [3.63, 3.8) is 0 Å². The molecule has 17 aromatic rings. The van der Waals surface area contributed by atoms with E-state index in [1.165, 1.54) is 172 Å². The predicted octanol–water partition coefficient (Wildman–Crippen LogP) is 23.9. The van der Waals surface area contributed by atoms with Crippen LogP contribution in [-0.2, 0) is 0 Å². The fraction of sp³-hybridized carbons (Fsp3) is 0. The molecule has 0 saturated heterocycles. The van der Waals surface area contributed by atoms with Gasteiger partial charge >= 0.3 is 0 Å². The highest BCUT2D eigenvalue weighted by molar-refractivity contribution is 7.26. The molecule has 0 atom stereocenters. The summed E-state index contributed by atoms with van der Waals surface area (Å²) in [6, 6.07) is 109. The van der Waals surface area contributed by atoms with E-state index in [1.807, 2.05) is 22.7 Å². The Morgan fingerprint density at radius 1 is 0.146 bits per heavy atom. The Labute approximate surface area is 482 Å². The molecule has 17 rings (SSSR count). The fourth-order valence-corrected chi connectivity index (χ4v) is 15.7. The Morgan fingerprint density at radius 2 is 0.451 bits per heavy atom. The molecule has 0 aliphatic carbocycles. The summed E-state index contributed by atoms with van der Waals surface area (Å²) in [5.41, 5.74) is 17.1. The van der Waals surface area contributed by atoms with E-state index < -0.39 is 0 Å². The standard InChI is InChI=1S/C80H48S2/c1-2-14-49(15-3-1)51-26-31-53(32-27-51)77-65-20-6-9-23-68(65)80(60-39-41-64-62-19-11-13-25-74(62)82-76(64)48-60)72-46-58(36-42-69(72)77)57-37-43-70-71(45-57)78(54-33-28-52(29-34-54)56-35-30-50-16-4-5-17-55(50)44-56)66-21-7-8-22-67(66)79(70)59-38-40-63-61-18-10-12-24-73(61)81-75(63)47-59/h1-48H. The molecule has 82 heavy (non-hydrogen) atoms. The first-order valence-corrected chi connectivity index (χ1v) is 29.8. The minimum Gasteiger partial charge on any atom is -0.135 e. The average molecular weight is 1070 g/mol. The molecule has 0 nitrogen and oxygen atoms in total. The molecule has 0 spiro atoms. The van der Waals surface area contributed by atoms with E-state index >= 15 is 0 Å². The Balaban J connectivity index is 0.906. The van der Waals surface area contributed by atoms with Crippen LogP contribution in [0.5, 0.6) is 0 Å².